The highest BCUT2D eigenvalue weighted by Crippen LogP contribution is 2.41. The van der Waals surface area contributed by atoms with Gasteiger partial charge in [-0.3, -0.25) is 0 Å². The van der Waals surface area contributed by atoms with Crippen molar-refractivity contribution in [1.29, 1.82) is 0 Å². The van der Waals surface area contributed by atoms with Crippen LogP contribution < -0.4 is 20.0 Å². The van der Waals surface area contributed by atoms with Gasteiger partial charge in [0.2, 0.25) is 5.88 Å². The fourth-order valence-corrected chi connectivity index (χ4v) is 2.96. The molecule has 0 fully saturated rings. The zero-order valence-corrected chi connectivity index (χ0v) is 14.5. The van der Waals surface area contributed by atoms with Gasteiger partial charge < -0.3 is 20.0 Å². The van der Waals surface area contributed by atoms with Crippen LogP contribution in [0.25, 0.3) is 10.9 Å². The first-order valence-corrected chi connectivity index (χ1v) is 8.15. The summed E-state index contributed by atoms with van der Waals surface area (Å²) in [7, 11) is 0. The van der Waals surface area contributed by atoms with Crippen LogP contribution in [-0.4, -0.2) is 29.3 Å². The molecule has 1 aliphatic heterocycles. The first-order valence-electron chi connectivity index (χ1n) is 7.77. The maximum absolute atomic E-state index is 11.9. The standard InChI is InChI=1S/C17H17ClN2O5/c1-9(2)23-12-4-3-11-15(16(12)18)10(7-8-19)17-20(11)25-14(22)6-5-13(21)24-17/h3-6,9H,7-8,19H2,1-2H3/b6-5+. The summed E-state index contributed by atoms with van der Waals surface area (Å²) in [5, 5.41) is 0.914. The van der Waals surface area contributed by atoms with Gasteiger partial charge in [0.1, 0.15) is 5.75 Å². The molecule has 0 unspecified atom stereocenters. The lowest BCUT2D eigenvalue weighted by atomic mass is 10.1. The number of ether oxygens (including phenoxy) is 2. The van der Waals surface area contributed by atoms with Crippen LogP contribution >= 0.6 is 11.6 Å². The van der Waals surface area contributed by atoms with E-state index in [1.807, 2.05) is 13.8 Å². The zero-order valence-electron chi connectivity index (χ0n) is 13.7. The molecule has 1 aromatic heterocycles. The molecule has 0 bridgehead atoms. The second-order valence-electron chi connectivity index (χ2n) is 5.72. The number of aromatic nitrogens is 1. The van der Waals surface area contributed by atoms with Crippen molar-refractivity contribution in [1.82, 2.24) is 4.73 Å². The normalized spacial score (nSPS) is 15.4. The fraction of sp³-hybridized carbons (Fsp3) is 0.294. The van der Waals surface area contributed by atoms with Gasteiger partial charge in [-0.15, -0.1) is 4.73 Å². The Kier molecular flexibility index (Phi) is 4.69. The van der Waals surface area contributed by atoms with Crippen LogP contribution in [0.5, 0.6) is 11.6 Å². The summed E-state index contributed by atoms with van der Waals surface area (Å²) in [6, 6.07) is 3.36. The molecule has 1 aromatic carbocycles. The van der Waals surface area contributed by atoms with E-state index in [1.165, 1.54) is 0 Å². The summed E-state index contributed by atoms with van der Waals surface area (Å²) < 4.78 is 12.2. The Bertz CT molecular complexity index is 885. The average Bonchev–Trinajstić information content (AvgIpc) is 2.81. The second kappa shape index (κ2) is 6.78. The lowest BCUT2D eigenvalue weighted by Crippen LogP contribution is -2.23. The number of nitrogens with two attached hydrogens (primary N) is 1. The highest BCUT2D eigenvalue weighted by Gasteiger charge is 2.27. The van der Waals surface area contributed by atoms with Crippen molar-refractivity contribution in [2.45, 2.75) is 26.4 Å². The van der Waals surface area contributed by atoms with E-state index < -0.39 is 11.9 Å². The largest absolute Gasteiger partial charge is 0.489 e. The van der Waals surface area contributed by atoms with E-state index in [2.05, 4.69) is 0 Å². The van der Waals surface area contributed by atoms with Crippen molar-refractivity contribution in [2.24, 2.45) is 5.73 Å². The summed E-state index contributed by atoms with van der Waals surface area (Å²) >= 11 is 6.52. The Morgan fingerprint density at radius 3 is 2.64 bits per heavy atom. The predicted molar refractivity (Wildman–Crippen MR) is 91.8 cm³/mol. The van der Waals surface area contributed by atoms with Crippen LogP contribution in [0.2, 0.25) is 5.02 Å². The van der Waals surface area contributed by atoms with Crippen LogP contribution in [0, 0.1) is 0 Å². The second-order valence-corrected chi connectivity index (χ2v) is 6.10. The highest BCUT2D eigenvalue weighted by atomic mass is 35.5. The van der Waals surface area contributed by atoms with E-state index in [4.69, 9.17) is 31.6 Å². The minimum absolute atomic E-state index is 0.0728. The SMILES string of the molecule is CC(C)Oc1ccc2c(c1Cl)c(CCN)c1n2OC(=O)/C=C/C(=O)O1. The molecule has 2 heterocycles. The minimum atomic E-state index is -0.701. The van der Waals surface area contributed by atoms with E-state index in [-0.39, 0.29) is 12.0 Å². The molecule has 1 aliphatic rings. The van der Waals surface area contributed by atoms with E-state index in [0.717, 1.165) is 16.9 Å². The number of hydrogen-bond acceptors (Lipinski definition) is 6. The van der Waals surface area contributed by atoms with Crippen molar-refractivity contribution in [3.8, 4) is 11.6 Å². The van der Waals surface area contributed by atoms with Crippen molar-refractivity contribution in [3.63, 3.8) is 0 Å². The molecular weight excluding hydrogens is 348 g/mol. The van der Waals surface area contributed by atoms with Gasteiger partial charge in [0.15, 0.2) is 0 Å². The van der Waals surface area contributed by atoms with Gasteiger partial charge >= 0.3 is 11.9 Å². The fourth-order valence-electron chi connectivity index (χ4n) is 2.64. The Hall–Kier alpha value is -2.51. The Balaban J connectivity index is 2.29. The first kappa shape index (κ1) is 17.3. The molecule has 0 radical (unpaired) electrons. The number of halogens is 1. The van der Waals surface area contributed by atoms with Crippen LogP contribution in [-0.2, 0) is 16.0 Å². The number of benzene rings is 1. The zero-order chi connectivity index (χ0) is 18.1. The van der Waals surface area contributed by atoms with Crippen molar-refractivity contribution in [2.75, 3.05) is 6.54 Å². The van der Waals surface area contributed by atoms with Gasteiger partial charge in [-0.2, -0.15) is 0 Å². The Labute approximate surface area is 148 Å². The summed E-state index contributed by atoms with van der Waals surface area (Å²) in [4.78, 5) is 29.0. The quantitative estimate of drug-likeness (QED) is 0.834. The summed E-state index contributed by atoms with van der Waals surface area (Å²) in [5.41, 5.74) is 6.76. The first-order chi connectivity index (χ1) is 11.9. The maximum Gasteiger partial charge on any atom is 0.356 e. The van der Waals surface area contributed by atoms with Gasteiger partial charge in [0, 0.05) is 23.1 Å². The van der Waals surface area contributed by atoms with E-state index >= 15 is 0 Å². The van der Waals surface area contributed by atoms with Gasteiger partial charge in [-0.25, -0.2) is 9.59 Å². The third kappa shape index (κ3) is 3.20. The molecule has 8 heteroatoms. The molecule has 3 rings (SSSR count). The molecule has 25 heavy (non-hydrogen) atoms. The maximum atomic E-state index is 11.9. The number of hydrogen-bond donors (Lipinski definition) is 1. The predicted octanol–water partition coefficient (Wildman–Crippen LogP) is 2.01. The highest BCUT2D eigenvalue weighted by molar-refractivity contribution is 6.37. The molecule has 2 aromatic rings. The minimum Gasteiger partial charge on any atom is -0.489 e. The van der Waals surface area contributed by atoms with Crippen molar-refractivity contribution < 1.29 is 23.9 Å². The molecular formula is C17H17ClN2O5. The smallest absolute Gasteiger partial charge is 0.356 e. The molecule has 0 amide bonds. The molecule has 0 atom stereocenters. The number of carbonyl (C=O) groups is 2. The molecule has 0 saturated heterocycles. The van der Waals surface area contributed by atoms with Crippen LogP contribution in [0.4, 0.5) is 0 Å². The average molecular weight is 365 g/mol. The van der Waals surface area contributed by atoms with Crippen LogP contribution in [0.15, 0.2) is 24.3 Å². The topological polar surface area (TPSA) is 92.8 Å². The van der Waals surface area contributed by atoms with Crippen LogP contribution in [0.1, 0.15) is 19.4 Å². The van der Waals surface area contributed by atoms with E-state index in [0.29, 0.717) is 40.2 Å². The Morgan fingerprint density at radius 1 is 1.24 bits per heavy atom. The molecule has 7 nitrogen and oxygen atoms in total. The summed E-state index contributed by atoms with van der Waals surface area (Å²) in [6.45, 7) is 4.06. The van der Waals surface area contributed by atoms with E-state index in [9.17, 15) is 9.59 Å². The van der Waals surface area contributed by atoms with E-state index in [1.54, 1.807) is 12.1 Å². The molecule has 132 valence electrons. The van der Waals surface area contributed by atoms with Gasteiger partial charge in [0.25, 0.3) is 0 Å². The lowest BCUT2D eigenvalue weighted by Gasteiger charge is -2.12. The number of rotatable bonds is 4. The number of carbonyl (C=O) groups excluding carboxylic acids is 2. The molecule has 0 spiro atoms. The number of esters is 1. The number of nitrogens with zero attached hydrogens (tertiary/aromatic N) is 1. The summed E-state index contributed by atoms with van der Waals surface area (Å²) in [6.07, 6.45) is 2.30. The third-order valence-corrected chi connectivity index (χ3v) is 3.91. The van der Waals surface area contributed by atoms with Crippen molar-refractivity contribution in [3.05, 3.63) is 34.9 Å². The number of fused-ring (bicyclic) bond motifs is 3. The van der Waals surface area contributed by atoms with Gasteiger partial charge in [-0.05, 0) is 38.9 Å². The monoisotopic (exact) mass is 364 g/mol. The van der Waals surface area contributed by atoms with Crippen LogP contribution in [0.3, 0.4) is 0 Å². The van der Waals surface area contributed by atoms with Gasteiger partial charge in [0.05, 0.1) is 16.6 Å². The molecule has 0 saturated carbocycles. The van der Waals surface area contributed by atoms with Gasteiger partial charge in [-0.1, -0.05) is 11.6 Å². The molecule has 2 N–H and O–H groups in total. The lowest BCUT2D eigenvalue weighted by molar-refractivity contribution is -0.142. The summed E-state index contributed by atoms with van der Waals surface area (Å²) in [5.74, 6) is -0.815. The molecule has 0 aliphatic carbocycles. The van der Waals surface area contributed by atoms with Crippen molar-refractivity contribution >= 4 is 34.4 Å². The Morgan fingerprint density at radius 2 is 1.96 bits per heavy atom. The third-order valence-electron chi connectivity index (χ3n) is 3.54.